The predicted molar refractivity (Wildman–Crippen MR) is 203 cm³/mol. The first-order valence-electron chi connectivity index (χ1n) is 17.2. The first kappa shape index (κ1) is 37.1. The SMILES string of the molecule is CC(C)N(CCCn1c(Sc2cc3c(cc2I)OCO3)nc2c(N)ncnc21)C(=O)CCOC(=O)Nc1cccc2c1CN(C1CCC(=O)NC1=O)C2=O. The molecular weight excluding hydrogens is 833 g/mol. The highest BCUT2D eigenvalue weighted by atomic mass is 127. The standard InChI is InChI=1S/C35H36IN9O8S/c1-18(2)43(10-4-11-44-31-29(30(37)38-16-39-31)42-34(44)54-26-14-25-24(13-21(26)36)52-17-53-25)28(47)9-12-51-35(50)40-22-6-3-5-19-20(22)15-45(33(19)49)23-7-8-27(46)41-32(23)48/h3,5-6,13-14,16,18,23H,4,7-12,15,17H2,1-2H3,(H,40,50)(H2,37,38,39)(H,41,46,48). The molecule has 2 aromatic heterocycles. The Morgan fingerprint density at radius 1 is 1.19 bits per heavy atom. The summed E-state index contributed by atoms with van der Waals surface area (Å²) in [6.07, 6.45) is 1.51. The molecular formula is C35H36IN9O8S. The molecule has 2 aromatic carbocycles. The molecule has 19 heteroatoms. The van der Waals surface area contributed by atoms with Crippen molar-refractivity contribution in [2.45, 2.75) is 74.8 Å². The van der Waals surface area contributed by atoms with E-state index < -0.39 is 18.0 Å². The number of ether oxygens (including phenoxy) is 3. The molecule has 0 saturated carbocycles. The largest absolute Gasteiger partial charge is 0.454 e. The number of hydrogen-bond acceptors (Lipinski definition) is 13. The Kier molecular flexibility index (Phi) is 10.8. The van der Waals surface area contributed by atoms with Crippen molar-refractivity contribution in [3.8, 4) is 11.5 Å². The van der Waals surface area contributed by atoms with Crippen LogP contribution >= 0.6 is 34.4 Å². The van der Waals surface area contributed by atoms with E-state index in [2.05, 4.69) is 43.2 Å². The van der Waals surface area contributed by atoms with Gasteiger partial charge in [0.1, 0.15) is 19.0 Å². The molecule has 0 aliphatic carbocycles. The number of amides is 5. The molecule has 5 amide bonds. The zero-order chi connectivity index (χ0) is 38.1. The molecule has 54 heavy (non-hydrogen) atoms. The summed E-state index contributed by atoms with van der Waals surface area (Å²) >= 11 is 3.69. The number of anilines is 2. The number of piperidine rings is 1. The number of aromatic nitrogens is 4. The number of nitrogen functional groups attached to an aromatic ring is 1. The minimum absolute atomic E-state index is 0.0400. The van der Waals surface area contributed by atoms with Crippen molar-refractivity contribution < 1.29 is 38.2 Å². The number of halogens is 1. The Morgan fingerprint density at radius 2 is 1.98 bits per heavy atom. The van der Waals surface area contributed by atoms with E-state index >= 15 is 0 Å². The van der Waals surface area contributed by atoms with Crippen molar-refractivity contribution in [1.82, 2.24) is 34.6 Å². The second kappa shape index (κ2) is 15.7. The summed E-state index contributed by atoms with van der Waals surface area (Å²) < 4.78 is 19.4. The van der Waals surface area contributed by atoms with Crippen LogP contribution in [0.1, 0.15) is 55.5 Å². The molecule has 282 valence electrons. The lowest BCUT2D eigenvalue weighted by Gasteiger charge is -2.29. The van der Waals surface area contributed by atoms with Gasteiger partial charge in [0.05, 0.1) is 6.42 Å². The lowest BCUT2D eigenvalue weighted by molar-refractivity contribution is -0.137. The number of aryl methyl sites for hydroxylation is 1. The maximum absolute atomic E-state index is 13.4. The number of imidazole rings is 1. The molecule has 1 atom stereocenters. The molecule has 1 unspecified atom stereocenters. The Hall–Kier alpha value is -5.18. The van der Waals surface area contributed by atoms with E-state index in [4.69, 9.17) is 24.9 Å². The second-order valence-electron chi connectivity index (χ2n) is 13.0. The Morgan fingerprint density at radius 3 is 2.76 bits per heavy atom. The number of nitrogens with one attached hydrogen (secondary N) is 2. The van der Waals surface area contributed by atoms with Crippen LogP contribution in [0.15, 0.2) is 46.7 Å². The van der Waals surface area contributed by atoms with Crippen molar-refractivity contribution in [3.05, 3.63) is 51.4 Å². The van der Waals surface area contributed by atoms with E-state index in [-0.39, 0.29) is 68.8 Å². The number of hydrogen-bond donors (Lipinski definition) is 3. The summed E-state index contributed by atoms with van der Waals surface area (Å²) in [4.78, 5) is 80.8. The van der Waals surface area contributed by atoms with E-state index in [0.717, 1.165) is 8.47 Å². The molecule has 3 aliphatic heterocycles. The lowest BCUT2D eigenvalue weighted by Crippen LogP contribution is -2.52. The number of rotatable bonds is 12. The number of benzene rings is 2. The van der Waals surface area contributed by atoms with Gasteiger partial charge in [-0.2, -0.15) is 0 Å². The molecule has 7 rings (SSSR count). The monoisotopic (exact) mass is 869 g/mol. The van der Waals surface area contributed by atoms with Gasteiger partial charge in [0, 0.05) is 57.4 Å². The van der Waals surface area contributed by atoms with Gasteiger partial charge in [0.2, 0.25) is 24.5 Å². The first-order chi connectivity index (χ1) is 26.0. The Balaban J connectivity index is 0.946. The average molecular weight is 870 g/mol. The van der Waals surface area contributed by atoms with Crippen LogP contribution in [0.4, 0.5) is 16.3 Å². The number of fused-ring (bicyclic) bond motifs is 3. The smallest absolute Gasteiger partial charge is 0.411 e. The van der Waals surface area contributed by atoms with Crippen molar-refractivity contribution in [3.63, 3.8) is 0 Å². The van der Waals surface area contributed by atoms with Gasteiger partial charge < -0.3 is 34.3 Å². The fourth-order valence-corrected chi connectivity index (χ4v) is 8.29. The van der Waals surface area contributed by atoms with Crippen LogP contribution in [0.5, 0.6) is 11.5 Å². The molecule has 1 fully saturated rings. The summed E-state index contributed by atoms with van der Waals surface area (Å²) in [5.41, 5.74) is 8.50. The van der Waals surface area contributed by atoms with Crippen molar-refractivity contribution in [1.29, 1.82) is 0 Å². The average Bonchev–Trinajstić information content (AvgIpc) is 3.83. The zero-order valence-corrected chi connectivity index (χ0v) is 32.3. The van der Waals surface area contributed by atoms with Crippen LogP contribution in [-0.2, 0) is 32.2 Å². The molecule has 5 heterocycles. The highest BCUT2D eigenvalue weighted by Gasteiger charge is 2.40. The van der Waals surface area contributed by atoms with Crippen molar-refractivity contribution in [2.24, 2.45) is 0 Å². The third-order valence-corrected chi connectivity index (χ3v) is 11.6. The zero-order valence-electron chi connectivity index (χ0n) is 29.3. The van der Waals surface area contributed by atoms with Gasteiger partial charge in [-0.3, -0.25) is 29.8 Å². The number of nitrogens with two attached hydrogens (primary N) is 1. The van der Waals surface area contributed by atoms with Crippen LogP contribution < -0.4 is 25.8 Å². The number of carbonyl (C=O) groups is 5. The van der Waals surface area contributed by atoms with Crippen LogP contribution in [-0.4, -0.2) is 91.1 Å². The van der Waals surface area contributed by atoms with Gasteiger partial charge in [-0.1, -0.05) is 17.8 Å². The summed E-state index contributed by atoms with van der Waals surface area (Å²) in [5, 5.41) is 5.61. The van der Waals surface area contributed by atoms with E-state index in [0.29, 0.717) is 64.1 Å². The van der Waals surface area contributed by atoms with Crippen LogP contribution in [0.2, 0.25) is 0 Å². The van der Waals surface area contributed by atoms with Crippen LogP contribution in [0, 0.1) is 3.57 Å². The predicted octanol–water partition coefficient (Wildman–Crippen LogP) is 3.92. The topological polar surface area (TPSA) is 213 Å². The van der Waals surface area contributed by atoms with Crippen molar-refractivity contribution in [2.75, 3.05) is 31.0 Å². The number of imide groups is 1. The molecule has 0 radical (unpaired) electrons. The minimum Gasteiger partial charge on any atom is -0.454 e. The van der Waals surface area contributed by atoms with Crippen LogP contribution in [0.3, 0.4) is 0 Å². The third kappa shape index (κ3) is 7.59. The van der Waals surface area contributed by atoms with E-state index in [1.807, 2.05) is 30.5 Å². The number of nitrogens with zero attached hydrogens (tertiary/aromatic N) is 6. The van der Waals surface area contributed by atoms with Gasteiger partial charge in [0.25, 0.3) is 5.91 Å². The summed E-state index contributed by atoms with van der Waals surface area (Å²) in [5.74, 6) is 0.179. The quantitative estimate of drug-likeness (QED) is 0.136. The third-order valence-electron chi connectivity index (χ3n) is 9.25. The highest BCUT2D eigenvalue weighted by Crippen LogP contribution is 2.42. The normalized spacial score (nSPS) is 16.2. The molecule has 0 spiro atoms. The fourth-order valence-electron chi connectivity index (χ4n) is 6.58. The van der Waals surface area contributed by atoms with Gasteiger partial charge >= 0.3 is 6.09 Å². The molecule has 4 aromatic rings. The molecule has 3 aliphatic rings. The van der Waals surface area contributed by atoms with Gasteiger partial charge in [0.15, 0.2) is 33.6 Å². The lowest BCUT2D eigenvalue weighted by atomic mass is 10.0. The van der Waals surface area contributed by atoms with Crippen LogP contribution in [0.25, 0.3) is 11.2 Å². The minimum atomic E-state index is -0.783. The summed E-state index contributed by atoms with van der Waals surface area (Å²) in [6, 6.07) is 7.81. The molecule has 17 nitrogen and oxygen atoms in total. The van der Waals surface area contributed by atoms with Gasteiger partial charge in [-0.05, 0) is 73.5 Å². The fraction of sp³-hybridized carbons (Fsp3) is 0.371. The summed E-state index contributed by atoms with van der Waals surface area (Å²) in [6.45, 7) is 4.84. The molecule has 0 bridgehead atoms. The Bertz CT molecular complexity index is 2180. The molecule has 4 N–H and O–H groups in total. The van der Waals surface area contributed by atoms with E-state index in [1.54, 1.807) is 23.1 Å². The first-order valence-corrected chi connectivity index (χ1v) is 19.1. The van der Waals surface area contributed by atoms with Gasteiger partial charge in [-0.15, -0.1) is 0 Å². The highest BCUT2D eigenvalue weighted by molar-refractivity contribution is 14.1. The van der Waals surface area contributed by atoms with E-state index in [1.165, 1.54) is 23.0 Å². The summed E-state index contributed by atoms with van der Waals surface area (Å²) in [7, 11) is 0. The maximum atomic E-state index is 13.4. The maximum Gasteiger partial charge on any atom is 0.411 e. The van der Waals surface area contributed by atoms with Gasteiger partial charge in [-0.25, -0.2) is 19.7 Å². The molecule has 1 saturated heterocycles. The number of carbonyl (C=O) groups excluding carboxylic acids is 5. The van der Waals surface area contributed by atoms with E-state index in [9.17, 15) is 24.0 Å². The Labute approximate surface area is 326 Å². The van der Waals surface area contributed by atoms with Crippen molar-refractivity contribution >= 4 is 86.7 Å². The second-order valence-corrected chi connectivity index (χ2v) is 15.2.